The second kappa shape index (κ2) is 8.67. The van der Waals surface area contributed by atoms with Crippen LogP contribution in [0.25, 0.3) is 0 Å². The highest BCUT2D eigenvalue weighted by atomic mass is 16.2. The van der Waals surface area contributed by atoms with E-state index in [1.807, 2.05) is 6.92 Å². The Bertz CT molecular complexity index is 520. The average molecular weight is 317 g/mol. The number of anilines is 1. The minimum Gasteiger partial charge on any atom is -0.349 e. The summed E-state index contributed by atoms with van der Waals surface area (Å²) < 4.78 is 0. The SMILES string of the molecule is CC(N)CCC(=O)Nc1ccc(C(=O)NC2CCCCC2)cc1. The molecule has 1 aliphatic rings. The first kappa shape index (κ1) is 17.5. The first-order valence-corrected chi connectivity index (χ1v) is 8.51. The van der Waals surface area contributed by atoms with Gasteiger partial charge in [0.05, 0.1) is 0 Å². The van der Waals surface area contributed by atoms with Crippen molar-refractivity contribution in [3.63, 3.8) is 0 Å². The molecule has 0 spiro atoms. The third-order valence-electron chi connectivity index (χ3n) is 4.20. The smallest absolute Gasteiger partial charge is 0.251 e. The Balaban J connectivity index is 1.83. The second-order valence-corrected chi connectivity index (χ2v) is 6.45. The fourth-order valence-corrected chi connectivity index (χ4v) is 2.80. The van der Waals surface area contributed by atoms with Gasteiger partial charge in [0.15, 0.2) is 0 Å². The van der Waals surface area contributed by atoms with E-state index in [1.165, 1.54) is 19.3 Å². The molecule has 0 aliphatic heterocycles. The summed E-state index contributed by atoms with van der Waals surface area (Å²) in [5, 5.41) is 5.91. The van der Waals surface area contributed by atoms with Gasteiger partial charge in [-0.3, -0.25) is 9.59 Å². The van der Waals surface area contributed by atoms with Gasteiger partial charge in [-0.2, -0.15) is 0 Å². The summed E-state index contributed by atoms with van der Waals surface area (Å²) in [7, 11) is 0. The number of hydrogen-bond donors (Lipinski definition) is 3. The van der Waals surface area contributed by atoms with Crippen LogP contribution in [0.4, 0.5) is 5.69 Å². The molecular weight excluding hydrogens is 290 g/mol. The second-order valence-electron chi connectivity index (χ2n) is 6.45. The van der Waals surface area contributed by atoms with E-state index in [1.54, 1.807) is 24.3 Å². The number of rotatable bonds is 6. The molecule has 1 atom stereocenters. The molecule has 23 heavy (non-hydrogen) atoms. The van der Waals surface area contributed by atoms with E-state index in [4.69, 9.17) is 5.73 Å². The lowest BCUT2D eigenvalue weighted by molar-refractivity contribution is -0.116. The molecule has 1 aromatic carbocycles. The van der Waals surface area contributed by atoms with Crippen LogP contribution in [0, 0.1) is 0 Å². The van der Waals surface area contributed by atoms with Crippen LogP contribution in [0.1, 0.15) is 62.2 Å². The Labute approximate surface area is 138 Å². The van der Waals surface area contributed by atoms with Crippen molar-refractivity contribution in [3.8, 4) is 0 Å². The summed E-state index contributed by atoms with van der Waals surface area (Å²) >= 11 is 0. The number of amides is 2. The Hall–Kier alpha value is -1.88. The van der Waals surface area contributed by atoms with E-state index in [2.05, 4.69) is 10.6 Å². The molecular formula is C18H27N3O2. The summed E-state index contributed by atoms with van der Waals surface area (Å²) in [4.78, 5) is 24.0. The molecule has 2 rings (SSSR count). The first-order valence-electron chi connectivity index (χ1n) is 8.51. The van der Waals surface area contributed by atoms with Crippen molar-refractivity contribution in [3.05, 3.63) is 29.8 Å². The molecule has 1 saturated carbocycles. The molecule has 0 heterocycles. The molecule has 0 bridgehead atoms. The highest BCUT2D eigenvalue weighted by Crippen LogP contribution is 2.18. The highest BCUT2D eigenvalue weighted by molar-refractivity contribution is 5.96. The van der Waals surface area contributed by atoms with E-state index in [-0.39, 0.29) is 17.9 Å². The predicted molar refractivity (Wildman–Crippen MR) is 92.3 cm³/mol. The molecule has 5 heteroatoms. The van der Waals surface area contributed by atoms with E-state index < -0.39 is 0 Å². The van der Waals surface area contributed by atoms with Gasteiger partial charge in [0.25, 0.3) is 5.91 Å². The third kappa shape index (κ3) is 6.02. The van der Waals surface area contributed by atoms with Gasteiger partial charge >= 0.3 is 0 Å². The predicted octanol–water partition coefficient (Wildman–Crippen LogP) is 2.82. The van der Waals surface area contributed by atoms with Gasteiger partial charge in [0, 0.05) is 29.8 Å². The molecule has 2 amide bonds. The van der Waals surface area contributed by atoms with Crippen LogP contribution >= 0.6 is 0 Å². The van der Waals surface area contributed by atoms with Crippen molar-refractivity contribution in [2.75, 3.05) is 5.32 Å². The van der Waals surface area contributed by atoms with Gasteiger partial charge in [-0.25, -0.2) is 0 Å². The highest BCUT2D eigenvalue weighted by Gasteiger charge is 2.16. The maximum Gasteiger partial charge on any atom is 0.251 e. The van der Waals surface area contributed by atoms with E-state index in [0.29, 0.717) is 30.1 Å². The van der Waals surface area contributed by atoms with Crippen LogP contribution in [0.2, 0.25) is 0 Å². The molecule has 4 N–H and O–H groups in total. The normalized spacial score (nSPS) is 16.6. The summed E-state index contributed by atoms with van der Waals surface area (Å²) in [5.74, 6) is -0.0894. The van der Waals surface area contributed by atoms with Gasteiger partial charge in [0.2, 0.25) is 5.91 Å². The Morgan fingerprint density at radius 3 is 2.43 bits per heavy atom. The Kier molecular flexibility index (Phi) is 6.59. The minimum atomic E-state index is -0.0540. The van der Waals surface area contributed by atoms with E-state index in [0.717, 1.165) is 12.8 Å². The molecule has 1 unspecified atom stereocenters. The fraction of sp³-hybridized carbons (Fsp3) is 0.556. The van der Waals surface area contributed by atoms with Gasteiger partial charge in [-0.1, -0.05) is 19.3 Å². The van der Waals surface area contributed by atoms with Crippen molar-refractivity contribution in [2.45, 2.75) is 64.0 Å². The largest absolute Gasteiger partial charge is 0.349 e. The number of carbonyl (C=O) groups is 2. The fourth-order valence-electron chi connectivity index (χ4n) is 2.80. The summed E-state index contributed by atoms with van der Waals surface area (Å²) in [6.45, 7) is 1.88. The third-order valence-corrected chi connectivity index (χ3v) is 4.20. The molecule has 1 aliphatic carbocycles. The Morgan fingerprint density at radius 1 is 1.17 bits per heavy atom. The van der Waals surface area contributed by atoms with Crippen LogP contribution in [0.5, 0.6) is 0 Å². The monoisotopic (exact) mass is 317 g/mol. The zero-order valence-electron chi connectivity index (χ0n) is 13.8. The standard InChI is InChI=1S/C18H27N3O2/c1-13(19)7-12-17(22)20-16-10-8-14(9-11-16)18(23)21-15-5-3-2-4-6-15/h8-11,13,15H,2-7,12,19H2,1H3,(H,20,22)(H,21,23). The summed E-state index contributed by atoms with van der Waals surface area (Å²) in [5.41, 5.74) is 6.97. The lowest BCUT2D eigenvalue weighted by atomic mass is 9.95. The Morgan fingerprint density at radius 2 is 1.83 bits per heavy atom. The average Bonchev–Trinajstić information content (AvgIpc) is 2.54. The molecule has 126 valence electrons. The number of nitrogens with two attached hydrogens (primary N) is 1. The van der Waals surface area contributed by atoms with Crippen molar-refractivity contribution < 1.29 is 9.59 Å². The quantitative estimate of drug-likeness (QED) is 0.754. The summed E-state index contributed by atoms with van der Waals surface area (Å²) in [6.07, 6.45) is 6.85. The first-order chi connectivity index (χ1) is 11.0. The minimum absolute atomic E-state index is 0.0200. The van der Waals surface area contributed by atoms with Crippen LogP contribution in [0.3, 0.4) is 0 Å². The van der Waals surface area contributed by atoms with Crippen molar-refractivity contribution in [1.29, 1.82) is 0 Å². The lowest BCUT2D eigenvalue weighted by Gasteiger charge is -2.22. The molecule has 1 fully saturated rings. The summed E-state index contributed by atoms with van der Waals surface area (Å²) in [6, 6.07) is 7.35. The number of carbonyl (C=O) groups excluding carboxylic acids is 2. The van der Waals surface area contributed by atoms with Crippen LogP contribution in [-0.4, -0.2) is 23.9 Å². The van der Waals surface area contributed by atoms with Crippen LogP contribution < -0.4 is 16.4 Å². The van der Waals surface area contributed by atoms with Gasteiger partial charge in [-0.05, 0) is 50.5 Å². The van der Waals surface area contributed by atoms with Crippen molar-refractivity contribution >= 4 is 17.5 Å². The molecule has 1 aromatic rings. The number of nitrogens with one attached hydrogen (secondary N) is 2. The maximum absolute atomic E-state index is 12.2. The van der Waals surface area contributed by atoms with Crippen LogP contribution in [0.15, 0.2) is 24.3 Å². The molecule has 0 radical (unpaired) electrons. The molecule has 5 nitrogen and oxygen atoms in total. The zero-order valence-corrected chi connectivity index (χ0v) is 13.8. The zero-order chi connectivity index (χ0) is 16.7. The van der Waals surface area contributed by atoms with E-state index >= 15 is 0 Å². The van der Waals surface area contributed by atoms with Crippen molar-refractivity contribution in [2.24, 2.45) is 5.73 Å². The molecule has 0 aromatic heterocycles. The number of benzene rings is 1. The van der Waals surface area contributed by atoms with Gasteiger partial charge < -0.3 is 16.4 Å². The maximum atomic E-state index is 12.2. The topological polar surface area (TPSA) is 84.2 Å². The van der Waals surface area contributed by atoms with E-state index in [9.17, 15) is 9.59 Å². The van der Waals surface area contributed by atoms with Gasteiger partial charge in [-0.15, -0.1) is 0 Å². The number of hydrogen-bond acceptors (Lipinski definition) is 3. The van der Waals surface area contributed by atoms with Gasteiger partial charge in [0.1, 0.15) is 0 Å². The van der Waals surface area contributed by atoms with Crippen molar-refractivity contribution in [1.82, 2.24) is 5.32 Å². The van der Waals surface area contributed by atoms with Crippen LogP contribution in [-0.2, 0) is 4.79 Å². The lowest BCUT2D eigenvalue weighted by Crippen LogP contribution is -2.36. The molecule has 0 saturated heterocycles.